The van der Waals surface area contributed by atoms with Crippen molar-refractivity contribution in [3.63, 3.8) is 0 Å². The third kappa shape index (κ3) is 2.76. The minimum atomic E-state index is -0.580. The second-order valence-corrected chi connectivity index (χ2v) is 5.26. The third-order valence-corrected chi connectivity index (χ3v) is 3.81. The minimum Gasteiger partial charge on any atom is -0.506 e. The van der Waals surface area contributed by atoms with Crippen molar-refractivity contribution in [3.8, 4) is 5.75 Å². The predicted molar refractivity (Wildman–Crippen MR) is 86.2 cm³/mol. The van der Waals surface area contributed by atoms with Crippen molar-refractivity contribution in [3.05, 3.63) is 76.8 Å². The molecule has 0 aliphatic rings. The lowest BCUT2D eigenvalue weighted by molar-refractivity contribution is 0.0470. The largest absolute Gasteiger partial charge is 0.506 e. The second-order valence-electron chi connectivity index (χ2n) is 4.85. The van der Waals surface area contributed by atoms with E-state index >= 15 is 0 Å². The summed E-state index contributed by atoms with van der Waals surface area (Å²) in [6.07, 6.45) is 0. The lowest BCUT2D eigenvalue weighted by Crippen LogP contribution is -2.06. The Morgan fingerprint density at radius 1 is 1.00 bits per heavy atom. The normalized spacial score (nSPS) is 10.6. The summed E-state index contributed by atoms with van der Waals surface area (Å²) in [7, 11) is 0. The molecule has 1 N–H and O–H groups in total. The van der Waals surface area contributed by atoms with Gasteiger partial charge in [-0.25, -0.2) is 4.79 Å². The van der Waals surface area contributed by atoms with Crippen LogP contribution in [0.4, 0.5) is 0 Å². The van der Waals surface area contributed by atoms with Crippen LogP contribution in [0.15, 0.2) is 60.7 Å². The maximum atomic E-state index is 12.2. The molecule has 0 atom stereocenters. The molecule has 0 saturated heterocycles. The van der Waals surface area contributed by atoms with Crippen molar-refractivity contribution in [1.82, 2.24) is 0 Å². The van der Waals surface area contributed by atoms with Gasteiger partial charge in [-0.1, -0.05) is 60.1 Å². The molecule has 0 unspecified atom stereocenters. The van der Waals surface area contributed by atoms with E-state index < -0.39 is 5.97 Å². The highest BCUT2D eigenvalue weighted by Crippen LogP contribution is 2.29. The maximum absolute atomic E-state index is 12.2. The van der Waals surface area contributed by atoms with Crippen molar-refractivity contribution >= 4 is 28.3 Å². The molecule has 0 aromatic heterocycles. The number of rotatable bonds is 3. The first-order chi connectivity index (χ1) is 10.7. The number of phenols is 1. The Balaban J connectivity index is 1.84. The zero-order chi connectivity index (χ0) is 15.5. The quantitative estimate of drug-likeness (QED) is 0.721. The minimum absolute atomic E-state index is 0.0603. The summed E-state index contributed by atoms with van der Waals surface area (Å²) < 4.78 is 5.24. The molecule has 3 aromatic rings. The summed E-state index contributed by atoms with van der Waals surface area (Å²) in [5.41, 5.74) is 0.864. The van der Waals surface area contributed by atoms with Gasteiger partial charge in [-0.05, 0) is 17.5 Å². The van der Waals surface area contributed by atoms with Crippen LogP contribution in [0.3, 0.4) is 0 Å². The number of hydrogen-bond acceptors (Lipinski definition) is 3. The van der Waals surface area contributed by atoms with E-state index in [1.165, 1.54) is 0 Å². The number of halogens is 1. The summed E-state index contributed by atoms with van der Waals surface area (Å²) in [6, 6.07) is 17.8. The molecule has 110 valence electrons. The molecule has 0 aliphatic carbocycles. The molecule has 0 fully saturated rings. The number of esters is 1. The van der Waals surface area contributed by atoms with Crippen LogP contribution >= 0.6 is 11.6 Å². The molecule has 0 saturated carbocycles. The number of fused-ring (bicyclic) bond motifs is 1. The van der Waals surface area contributed by atoms with Gasteiger partial charge in [-0.2, -0.15) is 0 Å². The Kier molecular flexibility index (Phi) is 3.98. The van der Waals surface area contributed by atoms with Gasteiger partial charge >= 0.3 is 5.97 Å². The Morgan fingerprint density at radius 3 is 2.55 bits per heavy atom. The first-order valence-corrected chi connectivity index (χ1v) is 7.16. The highest BCUT2D eigenvalue weighted by atomic mass is 35.5. The molecular weight excluding hydrogens is 300 g/mol. The molecule has 0 spiro atoms. The van der Waals surface area contributed by atoms with Crippen LogP contribution in [0, 0.1) is 0 Å². The van der Waals surface area contributed by atoms with Gasteiger partial charge in [0.05, 0.1) is 0 Å². The Morgan fingerprint density at radius 2 is 1.73 bits per heavy atom. The Hall–Kier alpha value is -2.52. The van der Waals surface area contributed by atoms with E-state index in [0.29, 0.717) is 10.4 Å². The fourth-order valence-corrected chi connectivity index (χ4v) is 2.45. The SMILES string of the molecule is O=C(OCc1ccccc1Cl)c1ccc2ccccc2c1O. The van der Waals surface area contributed by atoms with E-state index in [2.05, 4.69) is 0 Å². The van der Waals surface area contributed by atoms with Gasteiger partial charge in [-0.15, -0.1) is 0 Å². The number of phenolic OH excluding ortho intramolecular Hbond substituents is 1. The van der Waals surface area contributed by atoms with Crippen molar-refractivity contribution in [2.75, 3.05) is 0 Å². The molecule has 0 amide bonds. The summed E-state index contributed by atoms with van der Waals surface area (Å²) in [4.78, 5) is 12.2. The van der Waals surface area contributed by atoms with Gasteiger partial charge in [-0.3, -0.25) is 0 Å². The van der Waals surface area contributed by atoms with Crippen LogP contribution in [-0.2, 0) is 11.3 Å². The molecule has 22 heavy (non-hydrogen) atoms. The summed E-state index contributed by atoms with van der Waals surface area (Å²) in [6.45, 7) is 0.0603. The van der Waals surface area contributed by atoms with Gasteiger partial charge in [0.25, 0.3) is 0 Å². The van der Waals surface area contributed by atoms with Crippen molar-refractivity contribution < 1.29 is 14.6 Å². The second kappa shape index (κ2) is 6.08. The number of carbonyl (C=O) groups is 1. The van der Waals surface area contributed by atoms with Crippen LogP contribution < -0.4 is 0 Å². The third-order valence-electron chi connectivity index (χ3n) is 3.44. The van der Waals surface area contributed by atoms with Crippen molar-refractivity contribution in [2.24, 2.45) is 0 Å². The fraction of sp³-hybridized carbons (Fsp3) is 0.0556. The highest BCUT2D eigenvalue weighted by Gasteiger charge is 2.15. The lowest BCUT2D eigenvalue weighted by atomic mass is 10.1. The highest BCUT2D eigenvalue weighted by molar-refractivity contribution is 6.31. The molecule has 3 nitrogen and oxygen atoms in total. The van der Waals surface area contributed by atoms with E-state index in [1.54, 1.807) is 36.4 Å². The van der Waals surface area contributed by atoms with Gasteiger partial charge in [0, 0.05) is 16.0 Å². The average Bonchev–Trinajstić information content (AvgIpc) is 2.54. The first-order valence-electron chi connectivity index (χ1n) is 6.78. The van der Waals surface area contributed by atoms with Crippen LogP contribution in [0.1, 0.15) is 15.9 Å². The number of benzene rings is 3. The van der Waals surface area contributed by atoms with E-state index in [0.717, 1.165) is 10.9 Å². The predicted octanol–water partition coefficient (Wildman–Crippen LogP) is 4.56. The maximum Gasteiger partial charge on any atom is 0.342 e. The zero-order valence-electron chi connectivity index (χ0n) is 11.6. The molecule has 0 bridgehead atoms. The topological polar surface area (TPSA) is 46.5 Å². The summed E-state index contributed by atoms with van der Waals surface area (Å²) >= 11 is 6.02. The number of ether oxygens (including phenoxy) is 1. The molecular formula is C18H13ClO3. The van der Waals surface area contributed by atoms with Crippen LogP contribution in [0.2, 0.25) is 5.02 Å². The van der Waals surface area contributed by atoms with Gasteiger partial charge in [0.2, 0.25) is 0 Å². The number of aromatic hydroxyl groups is 1. The van der Waals surface area contributed by atoms with E-state index in [9.17, 15) is 9.90 Å². The average molecular weight is 313 g/mol. The van der Waals surface area contributed by atoms with E-state index in [4.69, 9.17) is 16.3 Å². The zero-order valence-corrected chi connectivity index (χ0v) is 12.4. The standard InChI is InChI=1S/C18H13ClO3/c19-16-8-4-2-6-13(16)11-22-18(21)15-10-9-12-5-1-3-7-14(12)17(15)20/h1-10,20H,11H2. The number of hydrogen-bond donors (Lipinski definition) is 1. The van der Waals surface area contributed by atoms with Crippen molar-refractivity contribution in [1.29, 1.82) is 0 Å². The summed E-state index contributed by atoms with van der Waals surface area (Å²) in [5.74, 6) is -0.648. The fourth-order valence-electron chi connectivity index (χ4n) is 2.26. The van der Waals surface area contributed by atoms with Gasteiger partial charge in [0.1, 0.15) is 17.9 Å². The molecule has 0 aliphatic heterocycles. The molecule has 3 rings (SSSR count). The molecule has 0 radical (unpaired) electrons. The molecule has 0 heterocycles. The number of carbonyl (C=O) groups excluding carboxylic acids is 1. The summed E-state index contributed by atoms with van der Waals surface area (Å²) in [5, 5.41) is 12.3. The molecule has 4 heteroatoms. The van der Waals surface area contributed by atoms with Crippen LogP contribution in [0.25, 0.3) is 10.8 Å². The van der Waals surface area contributed by atoms with Crippen molar-refractivity contribution in [2.45, 2.75) is 6.61 Å². The monoisotopic (exact) mass is 312 g/mol. The van der Waals surface area contributed by atoms with E-state index in [1.807, 2.05) is 24.3 Å². The van der Waals surface area contributed by atoms with E-state index in [-0.39, 0.29) is 17.9 Å². The van der Waals surface area contributed by atoms with Gasteiger partial charge < -0.3 is 9.84 Å². The van der Waals surface area contributed by atoms with Crippen LogP contribution in [-0.4, -0.2) is 11.1 Å². The van der Waals surface area contributed by atoms with Gasteiger partial charge in [0.15, 0.2) is 0 Å². The van der Waals surface area contributed by atoms with Crippen LogP contribution in [0.5, 0.6) is 5.75 Å². The Labute approximate surface area is 132 Å². The Bertz CT molecular complexity index is 843. The smallest absolute Gasteiger partial charge is 0.342 e. The first kappa shape index (κ1) is 14.4. The molecule has 3 aromatic carbocycles. The lowest BCUT2D eigenvalue weighted by Gasteiger charge is -2.09.